The first kappa shape index (κ1) is 48.3. The Labute approximate surface area is 349 Å². The molecule has 0 bridgehead atoms. The van der Waals surface area contributed by atoms with Crippen molar-refractivity contribution in [2.75, 3.05) is 30.7 Å². The Morgan fingerprint density at radius 2 is 1.75 bits per heavy atom. The number of halogens is 6. The highest BCUT2D eigenvalue weighted by Crippen LogP contribution is 2.42. The molecule has 0 radical (unpaired) electrons. The van der Waals surface area contributed by atoms with E-state index in [1.807, 2.05) is 0 Å². The van der Waals surface area contributed by atoms with Crippen LogP contribution < -0.4 is 9.62 Å². The normalized spacial score (nSPS) is 13.6. The maximum Gasteiger partial charge on any atom is 0.408 e. The Balaban J connectivity index is 2.42. The lowest BCUT2D eigenvalue weighted by Crippen LogP contribution is -2.40. The zero-order valence-corrected chi connectivity index (χ0v) is 35.5. The Hall–Kier alpha value is -5.08. The molecule has 59 heavy (non-hydrogen) atoms. The van der Waals surface area contributed by atoms with Crippen LogP contribution in [0.4, 0.5) is 27.8 Å². The predicted octanol–water partition coefficient (Wildman–Crippen LogP) is 7.73. The van der Waals surface area contributed by atoms with Crippen LogP contribution in [0.25, 0.3) is 16.5 Å². The molecule has 1 aromatic heterocycles. The van der Waals surface area contributed by atoms with Crippen LogP contribution >= 0.6 is 23.5 Å². The van der Waals surface area contributed by atoms with Gasteiger partial charge in [-0.3, -0.25) is 19.1 Å². The van der Waals surface area contributed by atoms with Gasteiger partial charge >= 0.3 is 6.18 Å². The maximum atomic E-state index is 14.4. The topological polar surface area (TPSA) is 125 Å². The monoisotopic (exact) mass is 865 g/mol. The summed E-state index contributed by atoms with van der Waals surface area (Å²) in [6.07, 6.45) is 1.30. The van der Waals surface area contributed by atoms with Gasteiger partial charge in [0.15, 0.2) is 12.9 Å². The summed E-state index contributed by atoms with van der Waals surface area (Å²) in [5, 5.41) is 6.95. The van der Waals surface area contributed by atoms with Crippen molar-refractivity contribution < 1.29 is 45.9 Å². The van der Waals surface area contributed by atoms with Gasteiger partial charge in [-0.15, -0.1) is 0 Å². The standard InChI is InChI=1S/C41H46ClF5N6O5S/c1-26(13-14-40(5,6)50(7)58)9-10-31(27(2)34(48-24-55)21-28-19-29(43)22-30(44)20-28)32-11-12-33(42)35-36(32)52(23-41(45,46)47)49-37(35)53(59-8)38(57)39(3,4)15-16-51(25-56)17-18-54/h9-12,18-20,22,24-26,34H,15-17,21,23H2,1-8H3/p+1/b10-9-,31-27-. The van der Waals surface area contributed by atoms with Gasteiger partial charge in [-0.1, -0.05) is 49.6 Å². The number of carbonyl (C=O) groups is 4. The van der Waals surface area contributed by atoms with E-state index >= 15 is 0 Å². The number of hydrogen-bond acceptors (Lipinski definition) is 7. The summed E-state index contributed by atoms with van der Waals surface area (Å²) in [5.74, 6) is 2.89. The van der Waals surface area contributed by atoms with Crippen molar-refractivity contribution in [1.82, 2.24) is 20.0 Å². The van der Waals surface area contributed by atoms with E-state index < -0.39 is 53.2 Å². The number of nitrogens with zero attached hydrogens (tertiary/aromatic N) is 5. The first-order chi connectivity index (χ1) is 27.5. The molecule has 0 spiro atoms. The number of allylic oxidation sites excluding steroid dienone is 3. The van der Waals surface area contributed by atoms with Crippen LogP contribution in [0.1, 0.15) is 59.1 Å². The molecular weight excluding hydrogens is 819 g/mol. The molecule has 2 unspecified atom stereocenters. The Morgan fingerprint density at radius 1 is 1.10 bits per heavy atom. The second-order valence-electron chi connectivity index (χ2n) is 15.0. The molecule has 2 atom stereocenters. The summed E-state index contributed by atoms with van der Waals surface area (Å²) in [6.45, 7) is 7.99. The third-order valence-electron chi connectivity index (χ3n) is 9.59. The molecular formula is C41H47ClF5N6O5S+. The molecule has 0 saturated heterocycles. The summed E-state index contributed by atoms with van der Waals surface area (Å²) in [6, 6.07) is 4.82. The van der Waals surface area contributed by atoms with Gasteiger partial charge < -0.3 is 15.0 Å². The van der Waals surface area contributed by atoms with Crippen molar-refractivity contribution in [2.45, 2.75) is 78.7 Å². The third-order valence-corrected chi connectivity index (χ3v) is 10.6. The molecule has 0 aliphatic heterocycles. The highest BCUT2D eigenvalue weighted by Gasteiger charge is 2.38. The molecule has 2 aromatic carbocycles. The summed E-state index contributed by atoms with van der Waals surface area (Å²) < 4.78 is 74.2. The van der Waals surface area contributed by atoms with Crippen LogP contribution in [-0.4, -0.2) is 88.6 Å². The van der Waals surface area contributed by atoms with Crippen molar-refractivity contribution in [3.8, 4) is 11.8 Å². The zero-order chi connectivity index (χ0) is 44.5. The number of aromatic nitrogens is 2. The maximum absolute atomic E-state index is 14.4. The van der Waals surface area contributed by atoms with E-state index in [1.165, 1.54) is 30.3 Å². The summed E-state index contributed by atoms with van der Waals surface area (Å²) in [7, 11) is 1.33. The van der Waals surface area contributed by atoms with Crippen molar-refractivity contribution >= 4 is 70.9 Å². The van der Waals surface area contributed by atoms with Crippen molar-refractivity contribution in [1.29, 1.82) is 0 Å². The zero-order valence-electron chi connectivity index (χ0n) is 33.9. The Kier molecular flexibility index (Phi) is 16.6. The molecule has 318 valence electrons. The van der Waals surface area contributed by atoms with E-state index in [0.29, 0.717) is 40.2 Å². The van der Waals surface area contributed by atoms with E-state index in [4.69, 9.17) is 11.6 Å². The predicted molar refractivity (Wildman–Crippen MR) is 219 cm³/mol. The number of nitroso groups, excluding NO2 is 1. The lowest BCUT2D eigenvalue weighted by molar-refractivity contribution is -0.577. The van der Waals surface area contributed by atoms with E-state index in [-0.39, 0.29) is 64.4 Å². The number of nitrogens with one attached hydrogen (secondary N) is 1. The molecule has 0 aliphatic rings. The molecule has 0 aliphatic carbocycles. The Bertz CT molecular complexity index is 2170. The summed E-state index contributed by atoms with van der Waals surface area (Å²) in [5.41, 5.74) is -1.45. The average Bonchev–Trinajstić information content (AvgIpc) is 3.50. The molecule has 0 saturated carbocycles. The number of benzene rings is 2. The quantitative estimate of drug-likeness (QED) is 0.0327. The van der Waals surface area contributed by atoms with Crippen LogP contribution in [0.2, 0.25) is 5.02 Å². The summed E-state index contributed by atoms with van der Waals surface area (Å²) in [4.78, 5) is 61.9. The first-order valence-electron chi connectivity index (χ1n) is 18.2. The van der Waals surface area contributed by atoms with Crippen LogP contribution in [0.15, 0.2) is 48.1 Å². The minimum absolute atomic E-state index is 0.0127. The van der Waals surface area contributed by atoms with Gasteiger partial charge in [0.2, 0.25) is 18.7 Å². The van der Waals surface area contributed by atoms with Crippen LogP contribution in [0, 0.1) is 39.7 Å². The van der Waals surface area contributed by atoms with Gasteiger partial charge in [0, 0.05) is 59.3 Å². The molecule has 3 aromatic rings. The average molecular weight is 866 g/mol. The molecule has 0 fully saturated rings. The minimum Gasteiger partial charge on any atom is -0.352 e. The fourth-order valence-electron chi connectivity index (χ4n) is 5.92. The number of anilines is 1. The van der Waals surface area contributed by atoms with Gasteiger partial charge in [0.1, 0.15) is 24.5 Å². The van der Waals surface area contributed by atoms with Gasteiger partial charge in [-0.05, 0) is 79.5 Å². The van der Waals surface area contributed by atoms with Gasteiger partial charge in [-0.2, -0.15) is 18.3 Å². The van der Waals surface area contributed by atoms with E-state index in [0.717, 1.165) is 28.4 Å². The second-order valence-corrected chi connectivity index (χ2v) is 16.1. The highest BCUT2D eigenvalue weighted by atomic mass is 35.5. The van der Waals surface area contributed by atoms with E-state index in [1.54, 1.807) is 53.7 Å². The van der Waals surface area contributed by atoms with Crippen molar-refractivity contribution in [3.63, 3.8) is 0 Å². The number of hydrogen-bond donors (Lipinski definition) is 1. The van der Waals surface area contributed by atoms with Crippen LogP contribution in [0.5, 0.6) is 0 Å². The van der Waals surface area contributed by atoms with Crippen LogP contribution in [0.3, 0.4) is 0 Å². The van der Waals surface area contributed by atoms with Crippen molar-refractivity contribution in [3.05, 3.63) is 80.7 Å². The fraction of sp³-hybridized carbons (Fsp3) is 0.439. The molecule has 3 amide bonds. The molecule has 3 rings (SSSR count). The number of fused-ring (bicyclic) bond motifs is 1. The van der Waals surface area contributed by atoms with Gasteiger partial charge in [0.25, 0.3) is 5.54 Å². The van der Waals surface area contributed by atoms with Gasteiger partial charge in [0.05, 0.1) is 28.5 Å². The molecule has 18 heteroatoms. The number of alkyl halides is 3. The SMILES string of the molecule is CSN(C(=O)C(C)(C)CCN(C=O)CC=O)c1nn(CC(F)(F)F)c2c(C(/C=C\C(C)C#CC(C)(C)[N+](C)=O)=C(/C)C(Cc3cc(F)cc(F)c3)NC=O)ccc(Cl)c12. The number of rotatable bonds is 19. The largest absolute Gasteiger partial charge is 0.408 e. The molecule has 1 heterocycles. The van der Waals surface area contributed by atoms with Crippen molar-refractivity contribution in [2.24, 2.45) is 11.3 Å². The van der Waals surface area contributed by atoms with E-state index in [9.17, 15) is 46.0 Å². The summed E-state index contributed by atoms with van der Waals surface area (Å²) >= 11 is 7.67. The first-order valence-corrected chi connectivity index (χ1v) is 19.8. The van der Waals surface area contributed by atoms with Gasteiger partial charge in [-0.25, -0.2) is 13.1 Å². The molecule has 1 N–H and O–H groups in total. The number of carbonyl (C=O) groups excluding carboxylic acids is 4. The Morgan fingerprint density at radius 3 is 2.29 bits per heavy atom. The molecule has 11 nitrogen and oxygen atoms in total. The minimum atomic E-state index is -4.82. The lowest BCUT2D eigenvalue weighted by Gasteiger charge is -2.30. The lowest BCUT2D eigenvalue weighted by atomic mass is 9.88. The fourth-order valence-corrected chi connectivity index (χ4v) is 6.87. The van der Waals surface area contributed by atoms with Crippen LogP contribution in [-0.2, 0) is 32.1 Å². The highest BCUT2D eigenvalue weighted by molar-refractivity contribution is 8.00. The number of amides is 3. The van der Waals surface area contributed by atoms with E-state index in [2.05, 4.69) is 22.3 Å². The third kappa shape index (κ3) is 12.7. The number of aldehydes is 1. The second kappa shape index (κ2) is 20.3. The smallest absolute Gasteiger partial charge is 0.352 e.